The van der Waals surface area contributed by atoms with Crippen LogP contribution in [0.4, 0.5) is 0 Å². The largest absolute Gasteiger partial charge is 0.355 e. The van der Waals surface area contributed by atoms with E-state index in [2.05, 4.69) is 5.32 Å². The summed E-state index contributed by atoms with van der Waals surface area (Å²) in [5.74, 6) is 1.36. The standard InChI is InChI=1S/C22H26Cl2N2O3S3/c1-30-19-4-6-20(7-5-19)32(28,29)26-11-8-16(9-12-26)22(27)25-10-13-31-15-17-2-3-18(23)14-21(17)24/h2-7,14,16H,8-13,15H2,1H3,(H,25,27). The van der Waals surface area contributed by atoms with E-state index in [1.807, 2.05) is 30.5 Å². The van der Waals surface area contributed by atoms with E-state index in [1.165, 1.54) is 4.31 Å². The van der Waals surface area contributed by atoms with Crippen molar-refractivity contribution in [3.05, 3.63) is 58.1 Å². The maximum Gasteiger partial charge on any atom is 0.243 e. The number of sulfonamides is 1. The zero-order valence-electron chi connectivity index (χ0n) is 17.7. The highest BCUT2D eigenvalue weighted by atomic mass is 35.5. The predicted molar refractivity (Wildman–Crippen MR) is 135 cm³/mol. The molecule has 2 aromatic carbocycles. The van der Waals surface area contributed by atoms with E-state index >= 15 is 0 Å². The molecule has 0 unspecified atom stereocenters. The van der Waals surface area contributed by atoms with Crippen LogP contribution in [0.3, 0.4) is 0 Å². The summed E-state index contributed by atoms with van der Waals surface area (Å²) in [6.07, 6.45) is 3.01. The molecule has 1 N–H and O–H groups in total. The third-order valence-electron chi connectivity index (χ3n) is 5.34. The van der Waals surface area contributed by atoms with E-state index in [4.69, 9.17) is 23.2 Å². The van der Waals surface area contributed by atoms with Gasteiger partial charge in [0.05, 0.1) is 4.90 Å². The van der Waals surface area contributed by atoms with Gasteiger partial charge in [-0.05, 0) is 61.1 Å². The number of hydrogen-bond acceptors (Lipinski definition) is 5. The Kier molecular flexibility index (Phi) is 9.64. The van der Waals surface area contributed by atoms with E-state index < -0.39 is 10.0 Å². The summed E-state index contributed by atoms with van der Waals surface area (Å²) in [4.78, 5) is 13.8. The van der Waals surface area contributed by atoms with E-state index in [1.54, 1.807) is 41.7 Å². The maximum atomic E-state index is 12.9. The van der Waals surface area contributed by atoms with Crippen molar-refractivity contribution >= 4 is 62.7 Å². The topological polar surface area (TPSA) is 66.5 Å². The molecule has 0 radical (unpaired) electrons. The lowest BCUT2D eigenvalue weighted by Crippen LogP contribution is -2.43. The second kappa shape index (κ2) is 12.0. The van der Waals surface area contributed by atoms with E-state index in [9.17, 15) is 13.2 Å². The van der Waals surface area contributed by atoms with Gasteiger partial charge in [-0.2, -0.15) is 16.1 Å². The molecule has 0 atom stereocenters. The fourth-order valence-corrected chi connectivity index (χ4v) is 6.76. The van der Waals surface area contributed by atoms with Crippen molar-refractivity contribution in [3.8, 4) is 0 Å². The van der Waals surface area contributed by atoms with Crippen molar-refractivity contribution in [1.82, 2.24) is 9.62 Å². The molecule has 5 nitrogen and oxygen atoms in total. The number of piperidine rings is 1. The number of carbonyl (C=O) groups excluding carboxylic acids is 1. The second-order valence-corrected chi connectivity index (χ2v) is 12.2. The minimum atomic E-state index is -3.52. The minimum Gasteiger partial charge on any atom is -0.355 e. The molecule has 0 aliphatic carbocycles. The van der Waals surface area contributed by atoms with Crippen LogP contribution in [0.2, 0.25) is 10.0 Å². The fourth-order valence-electron chi connectivity index (χ4n) is 3.47. The average molecular weight is 534 g/mol. The highest BCUT2D eigenvalue weighted by Crippen LogP contribution is 2.26. The lowest BCUT2D eigenvalue weighted by atomic mass is 9.97. The highest BCUT2D eigenvalue weighted by Gasteiger charge is 2.31. The molecule has 1 amide bonds. The molecular weight excluding hydrogens is 507 g/mol. The van der Waals surface area contributed by atoms with Crippen molar-refractivity contribution in [2.75, 3.05) is 31.6 Å². The van der Waals surface area contributed by atoms with Gasteiger partial charge in [-0.3, -0.25) is 4.79 Å². The molecule has 32 heavy (non-hydrogen) atoms. The summed E-state index contributed by atoms with van der Waals surface area (Å²) in [7, 11) is -3.52. The molecular formula is C22H26Cl2N2O3S3. The van der Waals surface area contributed by atoms with E-state index in [0.717, 1.165) is 22.0 Å². The van der Waals surface area contributed by atoms with Gasteiger partial charge in [0.15, 0.2) is 0 Å². The Hall–Kier alpha value is -0.900. The van der Waals surface area contributed by atoms with Gasteiger partial charge in [-0.1, -0.05) is 29.3 Å². The van der Waals surface area contributed by atoms with Gasteiger partial charge in [-0.15, -0.1) is 11.8 Å². The molecule has 0 spiro atoms. The Morgan fingerprint density at radius 2 is 1.81 bits per heavy atom. The van der Waals surface area contributed by atoms with Crippen LogP contribution in [0.5, 0.6) is 0 Å². The third kappa shape index (κ3) is 6.81. The monoisotopic (exact) mass is 532 g/mol. The minimum absolute atomic E-state index is 0.00324. The van der Waals surface area contributed by atoms with Gasteiger partial charge in [0.1, 0.15) is 0 Å². The lowest BCUT2D eigenvalue weighted by molar-refractivity contribution is -0.125. The van der Waals surface area contributed by atoms with Gasteiger partial charge in [-0.25, -0.2) is 8.42 Å². The molecule has 0 saturated carbocycles. The Labute approximate surface area is 208 Å². The number of halogens is 2. The Balaban J connectivity index is 1.40. The number of nitrogens with zero attached hydrogens (tertiary/aromatic N) is 1. The lowest BCUT2D eigenvalue weighted by Gasteiger charge is -2.30. The van der Waals surface area contributed by atoms with Crippen LogP contribution in [-0.4, -0.2) is 50.3 Å². The maximum absolute atomic E-state index is 12.9. The molecule has 1 aliphatic heterocycles. The number of nitrogens with one attached hydrogen (secondary N) is 1. The average Bonchev–Trinajstić information content (AvgIpc) is 2.80. The van der Waals surface area contributed by atoms with E-state index in [0.29, 0.717) is 47.4 Å². The molecule has 2 aromatic rings. The van der Waals surface area contributed by atoms with Crippen LogP contribution in [0.1, 0.15) is 18.4 Å². The first kappa shape index (κ1) is 25.7. The van der Waals surface area contributed by atoms with Crippen molar-refractivity contribution < 1.29 is 13.2 Å². The quantitative estimate of drug-likeness (QED) is 0.356. The zero-order valence-corrected chi connectivity index (χ0v) is 21.7. The van der Waals surface area contributed by atoms with Crippen LogP contribution >= 0.6 is 46.7 Å². The highest BCUT2D eigenvalue weighted by molar-refractivity contribution is 7.98. The summed E-state index contributed by atoms with van der Waals surface area (Å²) in [6.45, 7) is 1.28. The van der Waals surface area contributed by atoms with Gasteiger partial charge >= 0.3 is 0 Å². The molecule has 174 valence electrons. The summed E-state index contributed by atoms with van der Waals surface area (Å²) >= 11 is 15.3. The van der Waals surface area contributed by atoms with Gasteiger partial charge in [0.2, 0.25) is 15.9 Å². The Bertz CT molecular complexity index is 1030. The number of carbonyl (C=O) groups is 1. The van der Waals surface area contributed by atoms with Crippen LogP contribution in [0, 0.1) is 5.92 Å². The number of benzene rings is 2. The first-order chi connectivity index (χ1) is 15.3. The zero-order chi connectivity index (χ0) is 23.1. The molecule has 1 fully saturated rings. The van der Waals surface area contributed by atoms with Crippen molar-refractivity contribution in [1.29, 1.82) is 0 Å². The summed E-state index contributed by atoms with van der Waals surface area (Å²) < 4.78 is 27.2. The molecule has 10 heteroatoms. The smallest absolute Gasteiger partial charge is 0.243 e. The van der Waals surface area contributed by atoms with E-state index in [-0.39, 0.29) is 11.8 Å². The number of thioether (sulfide) groups is 2. The van der Waals surface area contributed by atoms with Crippen LogP contribution in [0.15, 0.2) is 52.3 Å². The normalized spacial score (nSPS) is 15.6. The predicted octanol–water partition coefficient (Wildman–Crippen LogP) is 5.17. The van der Waals surface area contributed by atoms with Crippen molar-refractivity contribution in [2.24, 2.45) is 5.92 Å². The van der Waals surface area contributed by atoms with Crippen molar-refractivity contribution in [2.45, 2.75) is 28.4 Å². The molecule has 3 rings (SSSR count). The number of rotatable bonds is 9. The molecule has 0 bridgehead atoms. The van der Waals surface area contributed by atoms with Crippen LogP contribution in [-0.2, 0) is 20.6 Å². The first-order valence-corrected chi connectivity index (χ1v) is 14.8. The summed E-state index contributed by atoms with van der Waals surface area (Å²) in [5.41, 5.74) is 1.02. The summed E-state index contributed by atoms with van der Waals surface area (Å²) in [5, 5.41) is 4.24. The molecule has 0 aromatic heterocycles. The third-order valence-corrected chi connectivity index (χ3v) is 9.59. The molecule has 1 aliphatic rings. The number of hydrogen-bond donors (Lipinski definition) is 1. The SMILES string of the molecule is CSc1ccc(S(=O)(=O)N2CCC(C(=O)NCCSCc3ccc(Cl)cc3Cl)CC2)cc1. The van der Waals surface area contributed by atoms with Gasteiger partial charge in [0.25, 0.3) is 0 Å². The van der Waals surface area contributed by atoms with Crippen LogP contribution < -0.4 is 5.32 Å². The second-order valence-electron chi connectivity index (χ2n) is 7.43. The Morgan fingerprint density at radius 1 is 1.12 bits per heavy atom. The molecule has 1 heterocycles. The fraction of sp³-hybridized carbons (Fsp3) is 0.409. The summed E-state index contributed by atoms with van der Waals surface area (Å²) in [6, 6.07) is 12.4. The first-order valence-electron chi connectivity index (χ1n) is 10.2. The molecule has 1 saturated heterocycles. The Morgan fingerprint density at radius 3 is 2.44 bits per heavy atom. The number of amides is 1. The van der Waals surface area contributed by atoms with Crippen molar-refractivity contribution in [3.63, 3.8) is 0 Å². The van der Waals surface area contributed by atoms with Crippen LogP contribution in [0.25, 0.3) is 0 Å². The van der Waals surface area contributed by atoms with Gasteiger partial charge in [0, 0.05) is 52.0 Å². The van der Waals surface area contributed by atoms with Gasteiger partial charge < -0.3 is 5.32 Å².